The first-order valence-electron chi connectivity index (χ1n) is 9.22. The Hall–Kier alpha value is -4.21. The fraction of sp³-hybridized carbons (Fsp3) is 0.150. The lowest BCUT2D eigenvalue weighted by Gasteiger charge is -2.06. The molecule has 0 bridgehead atoms. The number of rotatable bonds is 3. The van der Waals surface area contributed by atoms with Crippen LogP contribution in [0.3, 0.4) is 0 Å². The quantitative estimate of drug-likeness (QED) is 0.476. The van der Waals surface area contributed by atoms with Gasteiger partial charge in [-0.25, -0.2) is 15.0 Å². The van der Waals surface area contributed by atoms with Gasteiger partial charge in [-0.15, -0.1) is 0 Å². The molecular formula is C20H22N10. The zero-order chi connectivity index (χ0) is 21.1. The van der Waals surface area contributed by atoms with Crippen LogP contribution in [0.4, 0.5) is 17.7 Å². The first-order valence-corrected chi connectivity index (χ1v) is 9.22. The Balaban J connectivity index is 0.000000265. The second-order valence-corrected chi connectivity index (χ2v) is 6.74. The Kier molecular flexibility index (Phi) is 5.12. The third kappa shape index (κ3) is 4.12. The first kappa shape index (κ1) is 19.1. The van der Waals surface area contributed by atoms with E-state index in [9.17, 15) is 0 Å². The topological polar surface area (TPSA) is 117 Å². The van der Waals surface area contributed by atoms with Crippen molar-refractivity contribution in [2.75, 3.05) is 11.1 Å². The van der Waals surface area contributed by atoms with Gasteiger partial charge in [-0.3, -0.25) is 9.67 Å². The Morgan fingerprint density at radius 2 is 1.67 bits per heavy atom. The molecule has 10 nitrogen and oxygen atoms in total. The highest BCUT2D eigenvalue weighted by atomic mass is 15.2. The minimum Gasteiger partial charge on any atom is -0.369 e. The maximum atomic E-state index is 5.29. The fourth-order valence-corrected chi connectivity index (χ4v) is 2.78. The molecule has 0 aliphatic carbocycles. The number of nitrogens with zero attached hydrogens (tertiary/aromatic N) is 8. The molecular weight excluding hydrogens is 380 g/mol. The van der Waals surface area contributed by atoms with Crippen LogP contribution in [0, 0.1) is 0 Å². The lowest BCUT2D eigenvalue weighted by atomic mass is 10.1. The number of aryl methyl sites for hydroxylation is 3. The summed E-state index contributed by atoms with van der Waals surface area (Å²) in [5.74, 6) is 2.03. The van der Waals surface area contributed by atoms with Crippen molar-refractivity contribution in [3.63, 3.8) is 0 Å². The molecule has 0 saturated heterocycles. The molecule has 0 aliphatic heterocycles. The number of nitrogen functional groups attached to an aromatic ring is 1. The van der Waals surface area contributed by atoms with Crippen LogP contribution in [0.5, 0.6) is 0 Å². The Bertz CT molecular complexity index is 1260. The molecule has 0 radical (unpaired) electrons. The number of imidazole rings is 2. The number of fused-ring (bicyclic) bond motifs is 1. The SMILES string of the molecule is Cn1cc(-c2cnc3ccc(Nc4nccn4C)nc3c2)cn1.Cn1ccnc1N. The van der Waals surface area contributed by atoms with E-state index in [4.69, 9.17) is 5.73 Å². The van der Waals surface area contributed by atoms with Crippen LogP contribution in [-0.4, -0.2) is 38.9 Å². The molecule has 5 aromatic rings. The zero-order valence-electron chi connectivity index (χ0n) is 16.9. The molecule has 0 fully saturated rings. The van der Waals surface area contributed by atoms with Crippen molar-refractivity contribution in [1.82, 2.24) is 38.9 Å². The van der Waals surface area contributed by atoms with Crippen LogP contribution in [0.15, 0.2) is 61.6 Å². The Morgan fingerprint density at radius 3 is 2.27 bits per heavy atom. The highest BCUT2D eigenvalue weighted by Crippen LogP contribution is 2.23. The third-order valence-corrected chi connectivity index (χ3v) is 4.50. The standard InChI is InChI=1S/C16H15N7.C4H7N3/c1-22-6-5-17-16(22)21-15-4-3-13-14(20-15)7-11(8-18-13)12-9-19-23(2)10-12;1-7-3-2-6-4(7)5/h3-10H,1-2H3,(H,17,20,21);2-3H,1H3,(H2,5,6). The second-order valence-electron chi connectivity index (χ2n) is 6.74. The molecule has 5 rings (SSSR count). The number of anilines is 3. The van der Waals surface area contributed by atoms with Crippen molar-refractivity contribution in [2.45, 2.75) is 0 Å². The summed E-state index contributed by atoms with van der Waals surface area (Å²) in [4.78, 5) is 17.1. The summed E-state index contributed by atoms with van der Waals surface area (Å²) in [7, 11) is 5.67. The Morgan fingerprint density at radius 1 is 0.867 bits per heavy atom. The molecule has 5 aromatic heterocycles. The van der Waals surface area contributed by atoms with Gasteiger partial charge in [-0.2, -0.15) is 5.10 Å². The molecule has 0 aromatic carbocycles. The molecule has 10 heteroatoms. The van der Waals surface area contributed by atoms with E-state index in [1.165, 1.54) is 0 Å². The van der Waals surface area contributed by atoms with E-state index in [2.05, 4.69) is 30.4 Å². The number of nitrogens with two attached hydrogens (primary N) is 1. The molecule has 152 valence electrons. The first-order chi connectivity index (χ1) is 14.5. The lowest BCUT2D eigenvalue weighted by Crippen LogP contribution is -2.00. The van der Waals surface area contributed by atoms with Gasteiger partial charge in [0.05, 0.1) is 17.2 Å². The second kappa shape index (κ2) is 8.03. The van der Waals surface area contributed by atoms with E-state index in [0.29, 0.717) is 5.95 Å². The van der Waals surface area contributed by atoms with Gasteiger partial charge >= 0.3 is 0 Å². The molecule has 0 spiro atoms. The maximum absolute atomic E-state index is 5.29. The van der Waals surface area contributed by atoms with Crippen molar-refractivity contribution in [1.29, 1.82) is 0 Å². The largest absolute Gasteiger partial charge is 0.369 e. The van der Waals surface area contributed by atoms with Gasteiger partial charge in [-0.05, 0) is 18.2 Å². The van der Waals surface area contributed by atoms with Crippen LogP contribution < -0.4 is 11.1 Å². The molecule has 0 atom stereocenters. The van der Waals surface area contributed by atoms with Crippen molar-refractivity contribution < 1.29 is 0 Å². The van der Waals surface area contributed by atoms with E-state index in [0.717, 1.165) is 33.9 Å². The van der Waals surface area contributed by atoms with Crippen LogP contribution in [-0.2, 0) is 21.1 Å². The van der Waals surface area contributed by atoms with E-state index in [1.54, 1.807) is 27.8 Å². The van der Waals surface area contributed by atoms with Gasteiger partial charge in [0.2, 0.25) is 5.95 Å². The van der Waals surface area contributed by atoms with Crippen molar-refractivity contribution in [2.24, 2.45) is 21.1 Å². The summed E-state index contributed by atoms with van der Waals surface area (Å²) in [5.41, 5.74) is 8.98. The molecule has 0 unspecified atom stereocenters. The van der Waals surface area contributed by atoms with Crippen molar-refractivity contribution in [3.8, 4) is 11.1 Å². The maximum Gasteiger partial charge on any atom is 0.208 e. The summed E-state index contributed by atoms with van der Waals surface area (Å²) in [6.45, 7) is 0. The molecule has 0 aliphatic rings. The van der Waals surface area contributed by atoms with Crippen LogP contribution >= 0.6 is 0 Å². The molecule has 0 amide bonds. The van der Waals surface area contributed by atoms with Crippen molar-refractivity contribution >= 4 is 28.7 Å². The predicted octanol–water partition coefficient (Wildman–Crippen LogP) is 2.51. The number of pyridine rings is 2. The smallest absolute Gasteiger partial charge is 0.208 e. The minimum atomic E-state index is 0.556. The summed E-state index contributed by atoms with van der Waals surface area (Å²) >= 11 is 0. The van der Waals surface area contributed by atoms with E-state index in [-0.39, 0.29) is 0 Å². The minimum absolute atomic E-state index is 0.556. The molecule has 3 N–H and O–H groups in total. The Labute approximate surface area is 173 Å². The summed E-state index contributed by atoms with van der Waals surface area (Å²) in [6, 6.07) is 5.86. The van der Waals surface area contributed by atoms with Gasteiger partial charge in [-0.1, -0.05) is 0 Å². The number of aromatic nitrogens is 8. The van der Waals surface area contributed by atoms with Gasteiger partial charge in [0.15, 0.2) is 5.95 Å². The fourth-order valence-electron chi connectivity index (χ4n) is 2.78. The van der Waals surface area contributed by atoms with E-state index >= 15 is 0 Å². The number of hydrogen-bond acceptors (Lipinski definition) is 7. The molecule has 0 saturated carbocycles. The van der Waals surface area contributed by atoms with E-state index < -0.39 is 0 Å². The van der Waals surface area contributed by atoms with Gasteiger partial charge in [0.25, 0.3) is 0 Å². The third-order valence-electron chi connectivity index (χ3n) is 4.50. The van der Waals surface area contributed by atoms with Crippen molar-refractivity contribution in [3.05, 3.63) is 61.6 Å². The van der Waals surface area contributed by atoms with Crippen LogP contribution in [0.2, 0.25) is 0 Å². The highest BCUT2D eigenvalue weighted by Gasteiger charge is 2.06. The van der Waals surface area contributed by atoms with Gasteiger partial charge in [0, 0.05) is 69.5 Å². The lowest BCUT2D eigenvalue weighted by molar-refractivity contribution is 0.768. The molecule has 30 heavy (non-hydrogen) atoms. The average molecular weight is 402 g/mol. The average Bonchev–Trinajstić information content (AvgIpc) is 3.45. The monoisotopic (exact) mass is 402 g/mol. The molecule has 5 heterocycles. The van der Waals surface area contributed by atoms with Gasteiger partial charge in [0.1, 0.15) is 5.82 Å². The highest BCUT2D eigenvalue weighted by molar-refractivity contribution is 5.81. The van der Waals surface area contributed by atoms with Crippen LogP contribution in [0.25, 0.3) is 22.2 Å². The summed E-state index contributed by atoms with van der Waals surface area (Å²) in [6.07, 6.45) is 12.7. The predicted molar refractivity (Wildman–Crippen MR) is 116 cm³/mol. The summed E-state index contributed by atoms with van der Waals surface area (Å²) < 4.78 is 5.42. The van der Waals surface area contributed by atoms with Crippen LogP contribution in [0.1, 0.15) is 0 Å². The number of hydrogen-bond donors (Lipinski definition) is 2. The summed E-state index contributed by atoms with van der Waals surface area (Å²) in [5, 5.41) is 7.40. The van der Waals surface area contributed by atoms with E-state index in [1.807, 2.05) is 68.7 Å². The zero-order valence-corrected chi connectivity index (χ0v) is 16.9. The number of nitrogens with one attached hydrogen (secondary N) is 1. The normalized spacial score (nSPS) is 10.6. The van der Waals surface area contributed by atoms with Gasteiger partial charge < -0.3 is 20.2 Å².